The van der Waals surface area contributed by atoms with E-state index in [1.54, 1.807) is 12.4 Å². The minimum Gasteiger partial charge on any atom is -0.336 e. The summed E-state index contributed by atoms with van der Waals surface area (Å²) in [5.41, 5.74) is 0.682. The van der Waals surface area contributed by atoms with Gasteiger partial charge in [0.2, 0.25) is 0 Å². The van der Waals surface area contributed by atoms with Crippen molar-refractivity contribution in [2.45, 2.75) is 32.2 Å². The normalized spacial score (nSPS) is 17.6. The molecule has 0 bridgehead atoms. The van der Waals surface area contributed by atoms with E-state index in [9.17, 15) is 4.79 Å². The number of nitrogens with zero attached hydrogens (tertiary/aromatic N) is 2. The molecule has 0 aromatic carbocycles. The van der Waals surface area contributed by atoms with Gasteiger partial charge in [0.25, 0.3) is 0 Å². The largest absolute Gasteiger partial charge is 0.336 e. The molecule has 1 fully saturated rings. The molecule has 1 aromatic heterocycles. The molecular formula is C12H21N5O. The van der Waals surface area contributed by atoms with Gasteiger partial charge in [-0.25, -0.2) is 4.79 Å². The van der Waals surface area contributed by atoms with Crippen molar-refractivity contribution in [2.75, 3.05) is 25.0 Å². The molecule has 1 aromatic rings. The summed E-state index contributed by atoms with van der Waals surface area (Å²) in [6.07, 6.45) is 6.84. The van der Waals surface area contributed by atoms with Crippen LogP contribution in [0.2, 0.25) is 0 Å². The number of hydrogen-bond donors (Lipinski definition) is 3. The molecule has 2 rings (SSSR count). The highest BCUT2D eigenvalue weighted by Crippen LogP contribution is 2.13. The highest BCUT2D eigenvalue weighted by molar-refractivity contribution is 5.88. The molecule has 0 aliphatic carbocycles. The molecule has 100 valence electrons. The maximum Gasteiger partial charge on any atom is 0.319 e. The third-order valence-corrected chi connectivity index (χ3v) is 3.38. The van der Waals surface area contributed by atoms with Crippen molar-refractivity contribution in [3.05, 3.63) is 12.4 Å². The first-order chi connectivity index (χ1) is 8.79. The van der Waals surface area contributed by atoms with Crippen LogP contribution in [0.15, 0.2) is 12.4 Å². The summed E-state index contributed by atoms with van der Waals surface area (Å²) < 4.78 is 0. The Bertz CT molecular complexity index is 359. The van der Waals surface area contributed by atoms with E-state index in [4.69, 9.17) is 0 Å². The van der Waals surface area contributed by atoms with Gasteiger partial charge in [-0.05, 0) is 32.4 Å². The zero-order valence-electron chi connectivity index (χ0n) is 10.8. The number of aromatic amines is 1. The first-order valence-electron chi connectivity index (χ1n) is 6.57. The minimum atomic E-state index is -0.172. The third kappa shape index (κ3) is 3.46. The third-order valence-electron chi connectivity index (χ3n) is 3.38. The Morgan fingerprint density at radius 3 is 2.94 bits per heavy atom. The summed E-state index contributed by atoms with van der Waals surface area (Å²) >= 11 is 0. The van der Waals surface area contributed by atoms with E-state index in [1.165, 1.54) is 12.8 Å². The van der Waals surface area contributed by atoms with E-state index in [0.29, 0.717) is 18.3 Å². The average molecular weight is 251 g/mol. The summed E-state index contributed by atoms with van der Waals surface area (Å²) in [6.45, 7) is 5.17. The van der Waals surface area contributed by atoms with E-state index in [-0.39, 0.29) is 6.03 Å². The van der Waals surface area contributed by atoms with Gasteiger partial charge in [-0.15, -0.1) is 0 Å². The van der Waals surface area contributed by atoms with Crippen LogP contribution < -0.4 is 10.6 Å². The molecule has 0 saturated carbocycles. The van der Waals surface area contributed by atoms with Crippen molar-refractivity contribution in [2.24, 2.45) is 0 Å². The van der Waals surface area contributed by atoms with Gasteiger partial charge < -0.3 is 10.6 Å². The molecule has 18 heavy (non-hydrogen) atoms. The fourth-order valence-electron chi connectivity index (χ4n) is 2.34. The molecule has 1 saturated heterocycles. The standard InChI is InChI=1S/C12H21N5O/c1-2-11(17-5-3-4-6-17)9-13-12(18)16-10-7-14-15-8-10/h7-8,11H,2-6,9H2,1H3,(H,14,15)(H2,13,16,18)/t11-/m0/s1. The van der Waals surface area contributed by atoms with Crippen molar-refractivity contribution >= 4 is 11.7 Å². The molecule has 0 spiro atoms. The van der Waals surface area contributed by atoms with Crippen LogP contribution in [0.4, 0.5) is 10.5 Å². The monoisotopic (exact) mass is 251 g/mol. The summed E-state index contributed by atoms with van der Waals surface area (Å²) in [5, 5.41) is 12.1. The molecule has 2 amide bonds. The van der Waals surface area contributed by atoms with Gasteiger partial charge >= 0.3 is 6.03 Å². The van der Waals surface area contributed by atoms with Crippen LogP contribution in [0.3, 0.4) is 0 Å². The maximum atomic E-state index is 11.7. The predicted octanol–water partition coefficient (Wildman–Crippen LogP) is 1.41. The van der Waals surface area contributed by atoms with Crippen LogP contribution in [0.25, 0.3) is 0 Å². The van der Waals surface area contributed by atoms with Crippen LogP contribution >= 0.6 is 0 Å². The molecule has 6 nitrogen and oxygen atoms in total. The number of hydrogen-bond acceptors (Lipinski definition) is 3. The average Bonchev–Trinajstić information content (AvgIpc) is 3.02. The molecule has 1 atom stereocenters. The van der Waals surface area contributed by atoms with E-state index >= 15 is 0 Å². The van der Waals surface area contributed by atoms with Gasteiger partial charge in [0, 0.05) is 18.8 Å². The van der Waals surface area contributed by atoms with Crippen LogP contribution in [0.1, 0.15) is 26.2 Å². The SMILES string of the molecule is CC[C@@H](CNC(=O)Nc1cn[nH]c1)N1CCCC1. The summed E-state index contributed by atoms with van der Waals surface area (Å²) in [5.74, 6) is 0. The van der Waals surface area contributed by atoms with Crippen LogP contribution in [0.5, 0.6) is 0 Å². The highest BCUT2D eigenvalue weighted by atomic mass is 16.2. The van der Waals surface area contributed by atoms with Gasteiger partial charge in [-0.2, -0.15) is 5.10 Å². The van der Waals surface area contributed by atoms with E-state index < -0.39 is 0 Å². The van der Waals surface area contributed by atoms with Gasteiger partial charge in [-0.3, -0.25) is 10.00 Å². The summed E-state index contributed by atoms with van der Waals surface area (Å²) in [4.78, 5) is 14.1. The van der Waals surface area contributed by atoms with Crippen LogP contribution in [-0.2, 0) is 0 Å². The number of aromatic nitrogens is 2. The predicted molar refractivity (Wildman–Crippen MR) is 70.5 cm³/mol. The Balaban J connectivity index is 1.73. The van der Waals surface area contributed by atoms with Crippen molar-refractivity contribution in [3.63, 3.8) is 0 Å². The molecule has 1 aliphatic heterocycles. The fourth-order valence-corrected chi connectivity index (χ4v) is 2.34. The van der Waals surface area contributed by atoms with Crippen molar-refractivity contribution < 1.29 is 4.79 Å². The van der Waals surface area contributed by atoms with Crippen LogP contribution in [-0.4, -0.2) is 46.8 Å². The topological polar surface area (TPSA) is 73.0 Å². The molecule has 3 N–H and O–H groups in total. The summed E-state index contributed by atoms with van der Waals surface area (Å²) in [7, 11) is 0. The molecule has 1 aliphatic rings. The van der Waals surface area contributed by atoms with E-state index in [0.717, 1.165) is 19.5 Å². The zero-order chi connectivity index (χ0) is 12.8. The lowest BCUT2D eigenvalue weighted by molar-refractivity contribution is 0.222. The lowest BCUT2D eigenvalue weighted by Gasteiger charge is -2.26. The highest BCUT2D eigenvalue weighted by Gasteiger charge is 2.20. The number of amides is 2. The van der Waals surface area contributed by atoms with Gasteiger partial charge in [0.1, 0.15) is 0 Å². The van der Waals surface area contributed by atoms with Crippen molar-refractivity contribution in [3.8, 4) is 0 Å². The zero-order valence-corrected chi connectivity index (χ0v) is 10.8. The maximum absolute atomic E-state index is 11.7. The number of anilines is 1. The van der Waals surface area contributed by atoms with Crippen molar-refractivity contribution in [1.82, 2.24) is 20.4 Å². The second-order valence-electron chi connectivity index (χ2n) is 4.63. The number of rotatable bonds is 5. The Morgan fingerprint density at radius 1 is 1.56 bits per heavy atom. The number of nitrogens with one attached hydrogen (secondary N) is 3. The minimum absolute atomic E-state index is 0.172. The molecular weight excluding hydrogens is 230 g/mol. The van der Waals surface area contributed by atoms with Crippen molar-refractivity contribution in [1.29, 1.82) is 0 Å². The lowest BCUT2D eigenvalue weighted by Crippen LogP contribution is -2.43. The lowest BCUT2D eigenvalue weighted by atomic mass is 10.2. The molecule has 0 radical (unpaired) electrons. The van der Waals surface area contributed by atoms with Crippen LogP contribution in [0, 0.1) is 0 Å². The second-order valence-corrected chi connectivity index (χ2v) is 4.63. The van der Waals surface area contributed by atoms with Gasteiger partial charge in [0.15, 0.2) is 0 Å². The van der Waals surface area contributed by atoms with Gasteiger partial charge in [0.05, 0.1) is 11.9 Å². The number of carbonyl (C=O) groups is 1. The Morgan fingerprint density at radius 2 is 2.33 bits per heavy atom. The first kappa shape index (κ1) is 12.9. The summed E-state index contributed by atoms with van der Waals surface area (Å²) in [6, 6.07) is 0.275. The Kier molecular flexibility index (Phi) is 4.58. The Labute approximate surface area is 107 Å². The smallest absolute Gasteiger partial charge is 0.319 e. The quantitative estimate of drug-likeness (QED) is 0.740. The number of urea groups is 1. The second kappa shape index (κ2) is 6.39. The fraction of sp³-hybridized carbons (Fsp3) is 0.667. The Hall–Kier alpha value is -1.56. The van der Waals surface area contributed by atoms with E-state index in [2.05, 4.69) is 32.7 Å². The number of carbonyl (C=O) groups excluding carboxylic acids is 1. The number of H-pyrrole nitrogens is 1. The molecule has 6 heteroatoms. The number of likely N-dealkylation sites (tertiary alicyclic amines) is 1. The molecule has 0 unspecified atom stereocenters. The first-order valence-corrected chi connectivity index (χ1v) is 6.57. The van der Waals surface area contributed by atoms with Gasteiger partial charge in [-0.1, -0.05) is 6.92 Å². The molecule has 2 heterocycles. The van der Waals surface area contributed by atoms with E-state index in [1.807, 2.05) is 0 Å².